The molecule has 4 heteroatoms. The van der Waals surface area contributed by atoms with Crippen molar-refractivity contribution in [2.24, 2.45) is 5.92 Å². The Morgan fingerprint density at radius 2 is 2.06 bits per heavy atom. The van der Waals surface area contributed by atoms with Crippen molar-refractivity contribution in [2.45, 2.75) is 58.3 Å². The van der Waals surface area contributed by atoms with Crippen LogP contribution in [0, 0.1) is 9.49 Å². The fraction of sp³-hybridized carbons (Fsp3) is 0.714. The Balaban J connectivity index is 2.24. The molecule has 0 spiro atoms. The predicted molar refractivity (Wildman–Crippen MR) is 84.1 cm³/mol. The number of nitrogens with zero attached hydrogens (tertiary/aromatic N) is 2. The van der Waals surface area contributed by atoms with Crippen LogP contribution in [0.15, 0.2) is 0 Å². The van der Waals surface area contributed by atoms with Gasteiger partial charge in [-0.15, -0.1) is 0 Å². The lowest BCUT2D eigenvalue weighted by Crippen LogP contribution is -2.17. The van der Waals surface area contributed by atoms with Gasteiger partial charge in [0.25, 0.3) is 0 Å². The highest BCUT2D eigenvalue weighted by atomic mass is 127. The van der Waals surface area contributed by atoms with Crippen LogP contribution in [0.3, 0.4) is 0 Å². The lowest BCUT2D eigenvalue weighted by atomic mass is 9.80. The first kappa shape index (κ1) is 14.5. The van der Waals surface area contributed by atoms with Crippen LogP contribution >= 0.6 is 34.2 Å². The highest BCUT2D eigenvalue weighted by Crippen LogP contribution is 2.37. The van der Waals surface area contributed by atoms with E-state index >= 15 is 0 Å². The van der Waals surface area contributed by atoms with E-state index in [1.807, 2.05) is 0 Å². The molecular weight excluding hydrogens is 359 g/mol. The molecule has 18 heavy (non-hydrogen) atoms. The Kier molecular flexibility index (Phi) is 5.24. The summed E-state index contributed by atoms with van der Waals surface area (Å²) in [6, 6.07) is 0. The highest BCUT2D eigenvalue weighted by Gasteiger charge is 2.25. The summed E-state index contributed by atoms with van der Waals surface area (Å²) in [5.74, 6) is 2.34. The predicted octanol–water partition coefficient (Wildman–Crippen LogP) is 4.98. The normalized spacial score (nSPS) is 24.2. The van der Waals surface area contributed by atoms with E-state index in [0.29, 0.717) is 11.1 Å². The van der Waals surface area contributed by atoms with Gasteiger partial charge in [-0.3, -0.25) is 0 Å². The molecule has 1 heterocycles. The third-order valence-electron chi connectivity index (χ3n) is 3.96. The lowest BCUT2D eigenvalue weighted by Gasteiger charge is -2.27. The smallest absolute Gasteiger partial charge is 0.146 e. The highest BCUT2D eigenvalue weighted by molar-refractivity contribution is 14.1. The summed E-state index contributed by atoms with van der Waals surface area (Å²) < 4.78 is 1.02. The van der Waals surface area contributed by atoms with Crippen molar-refractivity contribution >= 4 is 34.2 Å². The molecule has 1 saturated carbocycles. The third-order valence-corrected chi connectivity index (χ3v) is 5.68. The van der Waals surface area contributed by atoms with Crippen molar-refractivity contribution in [3.63, 3.8) is 0 Å². The monoisotopic (exact) mass is 378 g/mol. The van der Waals surface area contributed by atoms with E-state index < -0.39 is 0 Å². The average Bonchev–Trinajstić information content (AvgIpc) is 2.41. The molecule has 100 valence electrons. The Hall–Kier alpha value is 0.100. The average molecular weight is 379 g/mol. The standard InChI is InChI=1S/C14H20ClIN2/c1-3-9-6-5-7-10(8-9)14-17-11(4-2)12(16)13(15)18-14/h9-10H,3-8H2,1-2H3. The van der Waals surface area contributed by atoms with Crippen molar-refractivity contribution in [2.75, 3.05) is 0 Å². The molecule has 2 nitrogen and oxygen atoms in total. The third kappa shape index (κ3) is 3.16. The molecule has 0 aromatic carbocycles. The van der Waals surface area contributed by atoms with Crippen LogP contribution in [0.1, 0.15) is 63.4 Å². The summed E-state index contributed by atoms with van der Waals surface area (Å²) in [7, 11) is 0. The van der Waals surface area contributed by atoms with E-state index in [1.54, 1.807) is 0 Å². The molecule has 1 fully saturated rings. The van der Waals surface area contributed by atoms with Gasteiger partial charge >= 0.3 is 0 Å². The molecule has 0 N–H and O–H groups in total. The number of hydrogen-bond acceptors (Lipinski definition) is 2. The van der Waals surface area contributed by atoms with E-state index in [-0.39, 0.29) is 0 Å². The van der Waals surface area contributed by atoms with Crippen LogP contribution < -0.4 is 0 Å². The quantitative estimate of drug-likeness (QED) is 0.547. The minimum Gasteiger partial charge on any atom is -0.236 e. The van der Waals surface area contributed by atoms with Gasteiger partial charge in [0.1, 0.15) is 11.0 Å². The van der Waals surface area contributed by atoms with Crippen molar-refractivity contribution in [3.05, 3.63) is 20.2 Å². The first-order valence-electron chi connectivity index (χ1n) is 6.87. The maximum absolute atomic E-state index is 6.23. The summed E-state index contributed by atoms with van der Waals surface area (Å²) in [6.07, 6.45) is 7.32. The van der Waals surface area contributed by atoms with Crippen molar-refractivity contribution < 1.29 is 0 Å². The van der Waals surface area contributed by atoms with Gasteiger partial charge in [-0.25, -0.2) is 9.97 Å². The van der Waals surface area contributed by atoms with Crippen LogP contribution in [0.25, 0.3) is 0 Å². The number of aromatic nitrogens is 2. The molecule has 1 aliphatic rings. The number of rotatable bonds is 3. The molecule has 1 aliphatic carbocycles. The molecule has 0 bridgehead atoms. The molecule has 2 unspecified atom stereocenters. The Morgan fingerprint density at radius 1 is 1.28 bits per heavy atom. The molecule has 0 saturated heterocycles. The maximum Gasteiger partial charge on any atom is 0.146 e. The van der Waals surface area contributed by atoms with Crippen molar-refractivity contribution in [1.29, 1.82) is 0 Å². The zero-order chi connectivity index (χ0) is 13.1. The van der Waals surface area contributed by atoms with Gasteiger partial charge in [-0.05, 0) is 47.8 Å². The van der Waals surface area contributed by atoms with Gasteiger partial charge in [-0.2, -0.15) is 0 Å². The number of aryl methyl sites for hydroxylation is 1. The number of hydrogen-bond donors (Lipinski definition) is 0. The largest absolute Gasteiger partial charge is 0.236 e. The second-order valence-electron chi connectivity index (χ2n) is 5.12. The summed E-state index contributed by atoms with van der Waals surface area (Å²) in [5.41, 5.74) is 1.10. The summed E-state index contributed by atoms with van der Waals surface area (Å²) >= 11 is 8.48. The van der Waals surface area contributed by atoms with Gasteiger partial charge in [0.05, 0.1) is 9.26 Å². The van der Waals surface area contributed by atoms with E-state index in [0.717, 1.165) is 27.4 Å². The summed E-state index contributed by atoms with van der Waals surface area (Å²) in [5, 5.41) is 0.635. The molecule has 0 aliphatic heterocycles. The molecule has 2 atom stereocenters. The fourth-order valence-electron chi connectivity index (χ4n) is 2.79. The van der Waals surface area contributed by atoms with Crippen LogP contribution in [0.5, 0.6) is 0 Å². The SMILES string of the molecule is CCc1nc(C2CCCC(CC)C2)nc(Cl)c1I. The second-order valence-corrected chi connectivity index (χ2v) is 6.56. The zero-order valence-electron chi connectivity index (χ0n) is 11.0. The topological polar surface area (TPSA) is 25.8 Å². The minimum absolute atomic E-state index is 0.517. The van der Waals surface area contributed by atoms with Crippen LogP contribution in [-0.2, 0) is 6.42 Å². The Bertz CT molecular complexity index is 423. The van der Waals surface area contributed by atoms with Gasteiger partial charge < -0.3 is 0 Å². The molecule has 0 radical (unpaired) electrons. The van der Waals surface area contributed by atoms with Gasteiger partial charge in [0.15, 0.2) is 0 Å². The van der Waals surface area contributed by atoms with E-state index in [1.165, 1.54) is 32.1 Å². The van der Waals surface area contributed by atoms with Crippen molar-refractivity contribution in [1.82, 2.24) is 9.97 Å². The summed E-state index contributed by atoms with van der Waals surface area (Å²) in [6.45, 7) is 4.41. The lowest BCUT2D eigenvalue weighted by molar-refractivity contribution is 0.307. The molecular formula is C14H20ClIN2. The Labute approximate surface area is 128 Å². The Morgan fingerprint density at radius 3 is 2.72 bits per heavy atom. The second kappa shape index (κ2) is 6.51. The fourth-order valence-corrected chi connectivity index (χ4v) is 3.61. The van der Waals surface area contributed by atoms with Crippen LogP contribution in [-0.4, -0.2) is 9.97 Å². The van der Waals surface area contributed by atoms with Gasteiger partial charge in [0.2, 0.25) is 0 Å². The van der Waals surface area contributed by atoms with E-state index in [2.05, 4.69) is 41.4 Å². The summed E-state index contributed by atoms with van der Waals surface area (Å²) in [4.78, 5) is 9.26. The minimum atomic E-state index is 0.517. The first-order chi connectivity index (χ1) is 8.65. The van der Waals surface area contributed by atoms with Gasteiger partial charge in [0, 0.05) is 5.92 Å². The van der Waals surface area contributed by atoms with Gasteiger partial charge in [-0.1, -0.05) is 44.7 Å². The molecule has 1 aromatic heterocycles. The van der Waals surface area contributed by atoms with E-state index in [4.69, 9.17) is 16.6 Å². The molecule has 1 aromatic rings. The molecule has 2 rings (SSSR count). The molecule has 0 amide bonds. The maximum atomic E-state index is 6.23. The first-order valence-corrected chi connectivity index (χ1v) is 8.33. The zero-order valence-corrected chi connectivity index (χ0v) is 14.0. The van der Waals surface area contributed by atoms with E-state index in [9.17, 15) is 0 Å². The van der Waals surface area contributed by atoms with Crippen molar-refractivity contribution in [3.8, 4) is 0 Å². The van der Waals surface area contributed by atoms with Crippen LogP contribution in [0.4, 0.5) is 0 Å². The van der Waals surface area contributed by atoms with Crippen LogP contribution in [0.2, 0.25) is 5.15 Å². The number of halogens is 2.